The van der Waals surface area contributed by atoms with Gasteiger partial charge in [0.2, 0.25) is 0 Å². The Morgan fingerprint density at radius 3 is 2.57 bits per heavy atom. The van der Waals surface area contributed by atoms with Crippen molar-refractivity contribution in [2.45, 2.75) is 70.3 Å². The molecule has 114 valence electrons. The van der Waals surface area contributed by atoms with Gasteiger partial charge in [-0.1, -0.05) is 19.3 Å². The topological polar surface area (TPSA) is 72.2 Å². The number of carboxylic acid groups (broad SMARTS) is 1. The molecule has 1 N–H and O–H groups in total. The highest BCUT2D eigenvalue weighted by molar-refractivity contribution is 5.66. The zero-order valence-electron chi connectivity index (χ0n) is 12.3. The summed E-state index contributed by atoms with van der Waals surface area (Å²) in [7, 11) is 0. The average molecular weight is 290 g/mol. The molecule has 0 radical (unpaired) electrons. The van der Waals surface area contributed by atoms with Crippen molar-refractivity contribution in [3.8, 4) is 0 Å². The molecule has 0 saturated heterocycles. The first-order valence-corrected chi connectivity index (χ1v) is 8.01. The van der Waals surface area contributed by atoms with E-state index >= 15 is 0 Å². The third-order valence-electron chi connectivity index (χ3n) is 4.73. The summed E-state index contributed by atoms with van der Waals surface area (Å²) in [5, 5.41) is 9.13. The Morgan fingerprint density at radius 1 is 1.14 bits per heavy atom. The first-order chi connectivity index (χ1) is 10.2. The summed E-state index contributed by atoms with van der Waals surface area (Å²) < 4.78 is 1.43. The predicted octanol–water partition coefficient (Wildman–Crippen LogP) is 2.25. The number of hydrogen-bond donors (Lipinski definition) is 1. The van der Waals surface area contributed by atoms with Crippen LogP contribution in [0.2, 0.25) is 0 Å². The molecule has 0 amide bonds. The summed E-state index contributed by atoms with van der Waals surface area (Å²) in [5.41, 5.74) is 1.57. The molecule has 1 heterocycles. The van der Waals surface area contributed by atoms with E-state index < -0.39 is 5.97 Å². The number of rotatable bonds is 3. The predicted molar refractivity (Wildman–Crippen MR) is 78.6 cm³/mol. The van der Waals surface area contributed by atoms with Gasteiger partial charge in [-0.05, 0) is 38.5 Å². The van der Waals surface area contributed by atoms with Crippen molar-refractivity contribution in [1.29, 1.82) is 0 Å². The Morgan fingerprint density at radius 2 is 1.86 bits per heavy atom. The van der Waals surface area contributed by atoms with E-state index in [-0.39, 0.29) is 18.0 Å². The van der Waals surface area contributed by atoms with Crippen LogP contribution in [0, 0.1) is 0 Å². The Kier molecular flexibility index (Phi) is 4.08. The van der Waals surface area contributed by atoms with E-state index in [0.717, 1.165) is 68.4 Å². The second kappa shape index (κ2) is 6.00. The molecule has 5 nitrogen and oxygen atoms in total. The van der Waals surface area contributed by atoms with E-state index in [4.69, 9.17) is 10.1 Å². The smallest absolute Gasteiger partial charge is 0.323 e. The van der Waals surface area contributed by atoms with Crippen LogP contribution in [0.3, 0.4) is 0 Å². The molecule has 0 atom stereocenters. The number of aryl methyl sites for hydroxylation is 1. The number of nitrogens with zero attached hydrogens (tertiary/aromatic N) is 2. The second-order valence-electron chi connectivity index (χ2n) is 6.22. The van der Waals surface area contributed by atoms with E-state index in [9.17, 15) is 9.59 Å². The maximum absolute atomic E-state index is 12.7. The van der Waals surface area contributed by atoms with Gasteiger partial charge in [0.15, 0.2) is 0 Å². The van der Waals surface area contributed by atoms with Gasteiger partial charge in [0.1, 0.15) is 12.4 Å². The van der Waals surface area contributed by atoms with Gasteiger partial charge in [0.05, 0.1) is 5.69 Å². The summed E-state index contributed by atoms with van der Waals surface area (Å²) >= 11 is 0. The van der Waals surface area contributed by atoms with Crippen molar-refractivity contribution in [3.63, 3.8) is 0 Å². The summed E-state index contributed by atoms with van der Waals surface area (Å²) in [6.07, 6.45) is 9.23. The van der Waals surface area contributed by atoms with Gasteiger partial charge >= 0.3 is 5.97 Å². The summed E-state index contributed by atoms with van der Waals surface area (Å²) in [5.74, 6) is 0.00694. The van der Waals surface area contributed by atoms with Gasteiger partial charge in [-0.2, -0.15) is 0 Å². The molecule has 1 aromatic rings. The molecule has 0 aromatic carbocycles. The van der Waals surface area contributed by atoms with Gasteiger partial charge in [-0.15, -0.1) is 0 Å². The Bertz CT molecular complexity index is 600. The van der Waals surface area contributed by atoms with Crippen LogP contribution in [0.5, 0.6) is 0 Å². The Hall–Kier alpha value is -1.65. The van der Waals surface area contributed by atoms with Crippen LogP contribution in [0.25, 0.3) is 0 Å². The van der Waals surface area contributed by atoms with Gasteiger partial charge in [-0.3, -0.25) is 14.2 Å². The van der Waals surface area contributed by atoms with Crippen molar-refractivity contribution in [2.24, 2.45) is 0 Å². The molecule has 1 aromatic heterocycles. The monoisotopic (exact) mass is 290 g/mol. The third kappa shape index (κ3) is 2.87. The standard InChI is InChI=1S/C16H22N2O3/c19-14(20)10-18-15(11-6-2-1-3-7-11)17-13-9-5-4-8-12(13)16(18)21/h11H,1-10H2,(H,19,20). The second-order valence-corrected chi connectivity index (χ2v) is 6.22. The molecule has 2 aliphatic carbocycles. The first-order valence-electron chi connectivity index (χ1n) is 8.01. The van der Waals surface area contributed by atoms with Crippen molar-refractivity contribution in [3.05, 3.63) is 27.4 Å². The highest BCUT2D eigenvalue weighted by Gasteiger charge is 2.26. The van der Waals surface area contributed by atoms with Crippen LogP contribution >= 0.6 is 0 Å². The van der Waals surface area contributed by atoms with E-state index in [0.29, 0.717) is 0 Å². The minimum atomic E-state index is -0.966. The summed E-state index contributed by atoms with van der Waals surface area (Å²) in [4.78, 5) is 28.6. The number of fused-ring (bicyclic) bond motifs is 1. The van der Waals surface area contributed by atoms with Crippen LogP contribution in [0.15, 0.2) is 4.79 Å². The van der Waals surface area contributed by atoms with Gasteiger partial charge in [0, 0.05) is 11.5 Å². The number of hydrogen-bond acceptors (Lipinski definition) is 3. The number of carbonyl (C=O) groups is 1. The maximum Gasteiger partial charge on any atom is 0.323 e. The van der Waals surface area contributed by atoms with Crippen molar-refractivity contribution in [2.75, 3.05) is 0 Å². The first kappa shape index (κ1) is 14.3. The largest absolute Gasteiger partial charge is 0.480 e. The number of aliphatic carboxylic acids is 1. The normalized spacial score (nSPS) is 19.2. The third-order valence-corrected chi connectivity index (χ3v) is 4.73. The van der Waals surface area contributed by atoms with E-state index in [2.05, 4.69) is 0 Å². The average Bonchev–Trinajstić information content (AvgIpc) is 2.50. The van der Waals surface area contributed by atoms with Gasteiger partial charge in [0.25, 0.3) is 5.56 Å². The molecule has 2 aliphatic rings. The van der Waals surface area contributed by atoms with Crippen molar-refractivity contribution >= 4 is 5.97 Å². The lowest BCUT2D eigenvalue weighted by atomic mass is 9.88. The SMILES string of the molecule is O=C(O)Cn1c(C2CCCCC2)nc2c(c1=O)CCCC2. The lowest BCUT2D eigenvalue weighted by Gasteiger charge is -2.26. The molecule has 0 spiro atoms. The fourth-order valence-corrected chi connectivity index (χ4v) is 3.67. The zero-order valence-corrected chi connectivity index (χ0v) is 12.3. The molecular weight excluding hydrogens is 268 g/mol. The molecule has 0 unspecified atom stereocenters. The minimum Gasteiger partial charge on any atom is -0.480 e. The van der Waals surface area contributed by atoms with Crippen molar-refractivity contribution in [1.82, 2.24) is 9.55 Å². The highest BCUT2D eigenvalue weighted by atomic mass is 16.4. The van der Waals surface area contributed by atoms with Crippen LogP contribution in [-0.4, -0.2) is 20.6 Å². The Balaban J connectivity index is 2.08. The zero-order chi connectivity index (χ0) is 14.8. The fourth-order valence-electron chi connectivity index (χ4n) is 3.67. The van der Waals surface area contributed by atoms with E-state index in [1.165, 1.54) is 11.0 Å². The van der Waals surface area contributed by atoms with Gasteiger partial charge < -0.3 is 5.11 Å². The molecule has 21 heavy (non-hydrogen) atoms. The number of aromatic nitrogens is 2. The Labute approximate surface area is 124 Å². The summed E-state index contributed by atoms with van der Waals surface area (Å²) in [6.45, 7) is -0.259. The lowest BCUT2D eigenvalue weighted by molar-refractivity contribution is -0.137. The fraction of sp³-hybridized carbons (Fsp3) is 0.688. The number of carboxylic acids is 1. The molecule has 5 heteroatoms. The van der Waals surface area contributed by atoms with E-state index in [1.54, 1.807) is 0 Å². The molecule has 1 fully saturated rings. The molecular formula is C16H22N2O3. The highest BCUT2D eigenvalue weighted by Crippen LogP contribution is 2.32. The van der Waals surface area contributed by atoms with Crippen LogP contribution in [0.4, 0.5) is 0 Å². The molecule has 0 aliphatic heterocycles. The van der Waals surface area contributed by atoms with Crippen LogP contribution in [0.1, 0.15) is 67.9 Å². The molecule has 3 rings (SSSR count). The van der Waals surface area contributed by atoms with Crippen LogP contribution < -0.4 is 5.56 Å². The molecule has 0 bridgehead atoms. The van der Waals surface area contributed by atoms with Crippen LogP contribution in [-0.2, 0) is 24.2 Å². The van der Waals surface area contributed by atoms with E-state index in [1.807, 2.05) is 0 Å². The minimum absolute atomic E-state index is 0.109. The maximum atomic E-state index is 12.7. The van der Waals surface area contributed by atoms with Gasteiger partial charge in [-0.25, -0.2) is 4.98 Å². The summed E-state index contributed by atoms with van der Waals surface area (Å²) in [6, 6.07) is 0. The quantitative estimate of drug-likeness (QED) is 0.926. The molecule has 1 saturated carbocycles. The lowest BCUT2D eigenvalue weighted by Crippen LogP contribution is -2.35. The van der Waals surface area contributed by atoms with Crippen molar-refractivity contribution < 1.29 is 9.90 Å².